The number of aromatic nitrogens is 2. The minimum atomic E-state index is -0.590. The number of nitrogens with one attached hydrogen (secondary N) is 1. The first-order valence-corrected chi connectivity index (χ1v) is 6.96. The topological polar surface area (TPSA) is 58.2 Å². The molecule has 6 heteroatoms. The van der Waals surface area contributed by atoms with Crippen molar-refractivity contribution < 1.29 is 13.9 Å². The lowest BCUT2D eigenvalue weighted by molar-refractivity contribution is 0.0589. The molecule has 0 bridgehead atoms. The number of ether oxygens (including phenoxy) is 1. The van der Waals surface area contributed by atoms with Crippen LogP contribution in [0.4, 0.5) is 14.9 Å². The third-order valence-corrected chi connectivity index (χ3v) is 2.99. The van der Waals surface area contributed by atoms with Gasteiger partial charge < -0.3 is 4.74 Å². The van der Waals surface area contributed by atoms with E-state index >= 15 is 0 Å². The van der Waals surface area contributed by atoms with Crippen molar-refractivity contribution in [1.29, 1.82) is 0 Å². The Hall–Kier alpha value is -2.37. The van der Waals surface area contributed by atoms with Crippen molar-refractivity contribution in [2.24, 2.45) is 0 Å². The summed E-state index contributed by atoms with van der Waals surface area (Å²) < 4.78 is 19.3. The van der Waals surface area contributed by atoms with Crippen LogP contribution in [-0.2, 0) is 4.74 Å². The lowest BCUT2D eigenvalue weighted by atomic mass is 10.1. The molecule has 0 saturated heterocycles. The van der Waals surface area contributed by atoms with Gasteiger partial charge in [0, 0.05) is 24.0 Å². The van der Waals surface area contributed by atoms with E-state index in [0.717, 1.165) is 5.69 Å². The zero-order chi connectivity index (χ0) is 16.5. The number of hydrogen-bond acceptors (Lipinski definition) is 3. The summed E-state index contributed by atoms with van der Waals surface area (Å²) in [5, 5.41) is 6.83. The van der Waals surface area contributed by atoms with Gasteiger partial charge in [0.15, 0.2) is 0 Å². The number of H-pyrrole nitrogens is 1. The van der Waals surface area contributed by atoms with E-state index in [0.29, 0.717) is 16.9 Å². The quantitative estimate of drug-likeness (QED) is 0.915. The van der Waals surface area contributed by atoms with Gasteiger partial charge in [0.2, 0.25) is 0 Å². The summed E-state index contributed by atoms with van der Waals surface area (Å²) in [6.45, 7) is 7.22. The van der Waals surface area contributed by atoms with Gasteiger partial charge in [-0.2, -0.15) is 5.10 Å². The van der Waals surface area contributed by atoms with Crippen molar-refractivity contribution in [2.45, 2.75) is 33.3 Å². The van der Waals surface area contributed by atoms with Gasteiger partial charge in [-0.15, -0.1) is 0 Å². The minimum Gasteiger partial charge on any atom is -0.443 e. The highest BCUT2D eigenvalue weighted by molar-refractivity contribution is 5.88. The van der Waals surface area contributed by atoms with Gasteiger partial charge in [-0.05, 0) is 52.0 Å². The van der Waals surface area contributed by atoms with Gasteiger partial charge in [0.1, 0.15) is 11.4 Å². The van der Waals surface area contributed by atoms with Gasteiger partial charge in [-0.3, -0.25) is 10.00 Å². The highest BCUT2D eigenvalue weighted by Gasteiger charge is 2.21. The molecule has 0 aliphatic heterocycles. The lowest BCUT2D eigenvalue weighted by Crippen LogP contribution is -2.34. The number of anilines is 1. The van der Waals surface area contributed by atoms with Crippen LogP contribution in [0.2, 0.25) is 0 Å². The van der Waals surface area contributed by atoms with Crippen LogP contribution in [0.25, 0.3) is 11.3 Å². The molecule has 0 spiro atoms. The predicted octanol–water partition coefficient (Wildman–Crippen LogP) is 3.90. The second-order valence-corrected chi connectivity index (χ2v) is 6.14. The van der Waals surface area contributed by atoms with Crippen LogP contribution >= 0.6 is 0 Å². The molecule has 22 heavy (non-hydrogen) atoms. The highest BCUT2D eigenvalue weighted by Crippen LogP contribution is 2.27. The molecule has 0 atom stereocenters. The Kier molecular flexibility index (Phi) is 4.21. The Bertz CT molecular complexity index is 689. The van der Waals surface area contributed by atoms with Crippen LogP contribution in [0.15, 0.2) is 24.3 Å². The molecule has 0 unspecified atom stereocenters. The first-order valence-electron chi connectivity index (χ1n) is 6.96. The van der Waals surface area contributed by atoms with Gasteiger partial charge >= 0.3 is 6.09 Å². The van der Waals surface area contributed by atoms with Crippen LogP contribution in [0.3, 0.4) is 0 Å². The normalized spacial score (nSPS) is 11.4. The number of benzene rings is 1. The fourth-order valence-electron chi connectivity index (χ4n) is 1.91. The molecule has 2 rings (SSSR count). The van der Waals surface area contributed by atoms with E-state index in [2.05, 4.69) is 10.2 Å². The number of hydrogen-bond donors (Lipinski definition) is 1. The second kappa shape index (κ2) is 5.79. The third kappa shape index (κ3) is 3.63. The third-order valence-electron chi connectivity index (χ3n) is 2.99. The van der Waals surface area contributed by atoms with Crippen molar-refractivity contribution in [1.82, 2.24) is 10.2 Å². The Balaban J connectivity index is 2.31. The number of nitrogens with zero attached hydrogens (tertiary/aromatic N) is 2. The lowest BCUT2D eigenvalue weighted by Gasteiger charge is -2.25. The van der Waals surface area contributed by atoms with Crippen LogP contribution in [0.1, 0.15) is 26.5 Å². The molecule has 1 N–H and O–H groups in total. The average Bonchev–Trinajstić information content (AvgIpc) is 2.83. The number of rotatable bonds is 2. The van der Waals surface area contributed by atoms with Crippen molar-refractivity contribution in [2.75, 3.05) is 11.9 Å². The van der Waals surface area contributed by atoms with E-state index < -0.39 is 17.5 Å². The maximum absolute atomic E-state index is 14.0. The molecule has 118 valence electrons. The first-order chi connectivity index (χ1) is 10.2. The molecular formula is C16H20FN3O2. The van der Waals surface area contributed by atoms with Gasteiger partial charge in [0.05, 0.1) is 5.69 Å². The minimum absolute atomic E-state index is 0.331. The van der Waals surface area contributed by atoms with Gasteiger partial charge in [-0.25, -0.2) is 9.18 Å². The summed E-state index contributed by atoms with van der Waals surface area (Å²) in [6, 6.07) is 6.17. The van der Waals surface area contributed by atoms with Crippen LogP contribution in [-0.4, -0.2) is 28.9 Å². The molecule has 1 aromatic carbocycles. The van der Waals surface area contributed by atoms with E-state index in [1.165, 1.54) is 17.0 Å². The number of amides is 1. The van der Waals surface area contributed by atoms with E-state index in [4.69, 9.17) is 4.74 Å². The van der Waals surface area contributed by atoms with Gasteiger partial charge in [-0.1, -0.05) is 0 Å². The van der Waals surface area contributed by atoms with E-state index in [1.807, 2.05) is 6.92 Å². The van der Waals surface area contributed by atoms with Crippen molar-refractivity contribution in [3.05, 3.63) is 35.8 Å². The summed E-state index contributed by atoms with van der Waals surface area (Å²) in [6.07, 6.45) is -0.497. The van der Waals surface area contributed by atoms with E-state index in [1.54, 1.807) is 40.0 Å². The summed E-state index contributed by atoms with van der Waals surface area (Å²) in [4.78, 5) is 13.4. The van der Waals surface area contributed by atoms with Crippen LogP contribution in [0, 0.1) is 12.7 Å². The number of carbonyl (C=O) groups is 1. The summed E-state index contributed by atoms with van der Waals surface area (Å²) in [7, 11) is 1.58. The molecule has 1 aromatic heterocycles. The Morgan fingerprint density at radius 2 is 2.00 bits per heavy atom. The molecule has 0 radical (unpaired) electrons. The largest absolute Gasteiger partial charge is 0.443 e. The molecule has 2 aromatic rings. The number of carbonyl (C=O) groups excluding carboxylic acids is 1. The Morgan fingerprint density at radius 3 is 2.55 bits per heavy atom. The number of aryl methyl sites for hydroxylation is 1. The molecule has 5 nitrogen and oxygen atoms in total. The fourth-order valence-corrected chi connectivity index (χ4v) is 1.91. The molecule has 0 saturated carbocycles. The van der Waals surface area contributed by atoms with E-state index in [-0.39, 0.29) is 0 Å². The van der Waals surface area contributed by atoms with Gasteiger partial charge in [0.25, 0.3) is 0 Å². The highest BCUT2D eigenvalue weighted by atomic mass is 19.1. The molecule has 1 amide bonds. The standard InChI is InChI=1S/C16H20FN3O2/c1-10-8-14(19-18-10)12-9-11(6-7-13(12)17)20(5)15(21)22-16(2,3)4/h6-9H,1-5H3,(H,18,19). The molecule has 1 heterocycles. The van der Waals surface area contributed by atoms with Crippen molar-refractivity contribution >= 4 is 11.8 Å². The molecule has 0 fully saturated rings. The summed E-state index contributed by atoms with van der Waals surface area (Å²) in [5.41, 5.74) is 1.60. The Morgan fingerprint density at radius 1 is 1.32 bits per heavy atom. The smallest absolute Gasteiger partial charge is 0.414 e. The fraction of sp³-hybridized carbons (Fsp3) is 0.375. The first kappa shape index (κ1) is 16.0. The predicted molar refractivity (Wildman–Crippen MR) is 83.4 cm³/mol. The number of halogens is 1. The van der Waals surface area contributed by atoms with Crippen LogP contribution < -0.4 is 4.90 Å². The zero-order valence-electron chi connectivity index (χ0n) is 13.4. The molecule has 0 aliphatic carbocycles. The summed E-state index contributed by atoms with van der Waals surface area (Å²) >= 11 is 0. The molecule has 0 aliphatic rings. The maximum atomic E-state index is 14.0. The monoisotopic (exact) mass is 305 g/mol. The Labute approximate surface area is 129 Å². The number of aromatic amines is 1. The van der Waals surface area contributed by atoms with Crippen LogP contribution in [0.5, 0.6) is 0 Å². The average molecular weight is 305 g/mol. The summed E-state index contributed by atoms with van der Waals surface area (Å²) in [5.74, 6) is -0.396. The second-order valence-electron chi connectivity index (χ2n) is 6.14. The molecular weight excluding hydrogens is 285 g/mol. The maximum Gasteiger partial charge on any atom is 0.414 e. The zero-order valence-corrected chi connectivity index (χ0v) is 13.4. The van der Waals surface area contributed by atoms with E-state index in [9.17, 15) is 9.18 Å². The van der Waals surface area contributed by atoms with Crippen molar-refractivity contribution in [3.63, 3.8) is 0 Å². The van der Waals surface area contributed by atoms with Crippen molar-refractivity contribution in [3.8, 4) is 11.3 Å². The SMILES string of the molecule is Cc1cc(-c2cc(N(C)C(=O)OC(C)(C)C)ccc2F)n[nH]1.